The number of likely N-dealkylation sites (tertiary alicyclic amines) is 1. The van der Waals surface area contributed by atoms with Crippen LogP contribution in [0.3, 0.4) is 0 Å². The van der Waals surface area contributed by atoms with E-state index in [4.69, 9.17) is 9.72 Å². The Bertz CT molecular complexity index is 1580. The molecule has 1 saturated heterocycles. The molecular weight excluding hydrogens is 554 g/mol. The Morgan fingerprint density at radius 1 is 1.13 bits per heavy atom. The van der Waals surface area contributed by atoms with Gasteiger partial charge in [0, 0.05) is 39.5 Å². The summed E-state index contributed by atoms with van der Waals surface area (Å²) in [7, 11) is 0. The van der Waals surface area contributed by atoms with Gasteiger partial charge in [-0.15, -0.1) is 22.7 Å². The highest BCUT2D eigenvalue weighted by atomic mass is 32.2. The number of fused-ring (bicyclic) bond motifs is 1. The summed E-state index contributed by atoms with van der Waals surface area (Å²) in [6.45, 7) is 2.29. The Labute approximate surface area is 237 Å². The molecule has 0 radical (unpaired) electrons. The molecule has 0 amide bonds. The van der Waals surface area contributed by atoms with Crippen molar-refractivity contribution in [1.29, 1.82) is 0 Å². The molecule has 1 aromatic carbocycles. The zero-order chi connectivity index (χ0) is 26.6. The first-order valence-corrected chi connectivity index (χ1v) is 15.0. The molecule has 1 fully saturated rings. The molecule has 11 heteroatoms. The summed E-state index contributed by atoms with van der Waals surface area (Å²) in [5.74, 6) is 1.60. The van der Waals surface area contributed by atoms with Crippen LogP contribution in [0.25, 0.3) is 10.2 Å². The molecular formula is C28H24FN5O2S3. The van der Waals surface area contributed by atoms with E-state index in [1.807, 2.05) is 36.0 Å². The number of aldehydes is 1. The standard InChI is InChI=1S/C28H24FN5O2S3/c29-19-1-3-20(4-2-19)36-24-15-21(39-25-5-9-30-22-8-14-37-26(22)25)16-31-27(24)33-28-32-23(17-38-28)18-6-10-34(11-7-18)12-13-35/h1-5,8-9,13-18H,6-7,10-12H2,(H,31,32,33). The molecule has 4 aromatic heterocycles. The average molecular weight is 578 g/mol. The van der Waals surface area contributed by atoms with E-state index in [2.05, 4.69) is 25.6 Å². The summed E-state index contributed by atoms with van der Waals surface area (Å²) in [4.78, 5) is 28.9. The van der Waals surface area contributed by atoms with Gasteiger partial charge in [-0.05, 0) is 67.7 Å². The minimum Gasteiger partial charge on any atom is -0.453 e. The minimum absolute atomic E-state index is 0.326. The van der Waals surface area contributed by atoms with Gasteiger partial charge in [0.1, 0.15) is 17.9 Å². The second kappa shape index (κ2) is 11.8. The van der Waals surface area contributed by atoms with Crippen molar-refractivity contribution < 1.29 is 13.9 Å². The third-order valence-electron chi connectivity index (χ3n) is 6.49. The van der Waals surface area contributed by atoms with E-state index in [-0.39, 0.29) is 5.82 Å². The van der Waals surface area contributed by atoms with Crippen LogP contribution in [-0.2, 0) is 4.79 Å². The maximum absolute atomic E-state index is 13.5. The summed E-state index contributed by atoms with van der Waals surface area (Å²) >= 11 is 4.77. The summed E-state index contributed by atoms with van der Waals surface area (Å²) in [5, 5.41) is 8.18. The Morgan fingerprint density at radius 2 is 1.97 bits per heavy atom. The van der Waals surface area contributed by atoms with Gasteiger partial charge in [-0.3, -0.25) is 9.88 Å². The van der Waals surface area contributed by atoms with E-state index in [0.29, 0.717) is 29.8 Å². The number of rotatable bonds is 9. The summed E-state index contributed by atoms with van der Waals surface area (Å²) in [5.41, 5.74) is 2.02. The average Bonchev–Trinajstić information content (AvgIpc) is 3.63. The molecule has 0 unspecified atom stereocenters. The Kier molecular flexibility index (Phi) is 7.82. The van der Waals surface area contributed by atoms with Crippen LogP contribution in [-0.4, -0.2) is 45.8 Å². The molecule has 5 aromatic rings. The summed E-state index contributed by atoms with van der Waals surface area (Å²) in [6.07, 6.45) is 6.54. The van der Waals surface area contributed by atoms with Gasteiger partial charge in [0.05, 0.1) is 22.5 Å². The normalized spacial score (nSPS) is 14.5. The predicted octanol–water partition coefficient (Wildman–Crippen LogP) is 7.35. The fourth-order valence-electron chi connectivity index (χ4n) is 4.49. The zero-order valence-electron chi connectivity index (χ0n) is 20.7. The number of piperidine rings is 1. The molecule has 198 valence electrons. The van der Waals surface area contributed by atoms with Crippen molar-refractivity contribution in [1.82, 2.24) is 19.9 Å². The number of benzene rings is 1. The van der Waals surface area contributed by atoms with Crippen LogP contribution in [0.1, 0.15) is 24.5 Å². The first kappa shape index (κ1) is 25.9. The van der Waals surface area contributed by atoms with E-state index in [1.54, 1.807) is 35.2 Å². The van der Waals surface area contributed by atoms with Crippen molar-refractivity contribution in [3.63, 3.8) is 0 Å². The highest BCUT2D eigenvalue weighted by molar-refractivity contribution is 7.99. The molecule has 1 aliphatic heterocycles. The number of hydrogen-bond acceptors (Lipinski definition) is 10. The van der Waals surface area contributed by atoms with Crippen molar-refractivity contribution in [2.75, 3.05) is 25.0 Å². The van der Waals surface area contributed by atoms with Gasteiger partial charge in [-0.2, -0.15) is 0 Å². The number of pyridine rings is 2. The number of aromatic nitrogens is 3. The zero-order valence-corrected chi connectivity index (χ0v) is 23.2. The molecule has 0 spiro atoms. The molecule has 6 rings (SSSR count). The summed E-state index contributed by atoms with van der Waals surface area (Å²) in [6, 6.07) is 11.9. The van der Waals surface area contributed by atoms with Gasteiger partial charge < -0.3 is 14.8 Å². The number of anilines is 2. The lowest BCUT2D eigenvalue weighted by molar-refractivity contribution is -0.109. The van der Waals surface area contributed by atoms with Crippen LogP contribution in [0.4, 0.5) is 15.3 Å². The maximum Gasteiger partial charge on any atom is 0.188 e. The van der Waals surface area contributed by atoms with Crippen LogP contribution in [0.5, 0.6) is 11.5 Å². The first-order chi connectivity index (χ1) is 19.1. The van der Waals surface area contributed by atoms with Gasteiger partial charge in [0.25, 0.3) is 0 Å². The number of ether oxygens (including phenoxy) is 1. The molecule has 5 heterocycles. The van der Waals surface area contributed by atoms with E-state index >= 15 is 0 Å². The van der Waals surface area contributed by atoms with E-state index in [0.717, 1.165) is 63.1 Å². The fraction of sp³-hybridized carbons (Fsp3) is 0.214. The van der Waals surface area contributed by atoms with E-state index < -0.39 is 0 Å². The van der Waals surface area contributed by atoms with Crippen molar-refractivity contribution >= 4 is 61.9 Å². The second-order valence-corrected chi connectivity index (χ2v) is 12.0. The number of carbonyl (C=O) groups is 1. The van der Waals surface area contributed by atoms with Gasteiger partial charge >= 0.3 is 0 Å². The number of hydrogen-bond donors (Lipinski definition) is 1. The number of halogens is 1. The third kappa shape index (κ3) is 6.11. The van der Waals surface area contributed by atoms with Gasteiger partial charge in [0.2, 0.25) is 0 Å². The predicted molar refractivity (Wildman–Crippen MR) is 154 cm³/mol. The Balaban J connectivity index is 1.24. The number of nitrogens with one attached hydrogen (secondary N) is 1. The number of thiazole rings is 1. The van der Waals surface area contributed by atoms with Crippen LogP contribution >= 0.6 is 34.4 Å². The van der Waals surface area contributed by atoms with Crippen LogP contribution in [0.15, 0.2) is 75.4 Å². The molecule has 7 nitrogen and oxygen atoms in total. The smallest absolute Gasteiger partial charge is 0.188 e. The van der Waals surface area contributed by atoms with Crippen LogP contribution in [0.2, 0.25) is 0 Å². The highest BCUT2D eigenvalue weighted by Gasteiger charge is 2.23. The molecule has 1 N–H and O–H groups in total. The van der Waals surface area contributed by atoms with Gasteiger partial charge in [-0.1, -0.05) is 11.8 Å². The van der Waals surface area contributed by atoms with Crippen molar-refractivity contribution in [3.8, 4) is 11.5 Å². The Morgan fingerprint density at radius 3 is 2.79 bits per heavy atom. The van der Waals surface area contributed by atoms with Gasteiger partial charge in [0.15, 0.2) is 16.7 Å². The quantitative estimate of drug-likeness (QED) is 0.182. The minimum atomic E-state index is -0.326. The number of nitrogens with zero attached hydrogens (tertiary/aromatic N) is 4. The van der Waals surface area contributed by atoms with Gasteiger partial charge in [-0.25, -0.2) is 14.4 Å². The van der Waals surface area contributed by atoms with Crippen molar-refractivity contribution in [2.24, 2.45) is 0 Å². The largest absolute Gasteiger partial charge is 0.453 e. The lowest BCUT2D eigenvalue weighted by atomic mass is 9.94. The lowest BCUT2D eigenvalue weighted by Crippen LogP contribution is -2.34. The number of carbonyl (C=O) groups excluding carboxylic acids is 1. The molecule has 0 aliphatic carbocycles. The topological polar surface area (TPSA) is 80.2 Å². The van der Waals surface area contributed by atoms with E-state index in [1.165, 1.54) is 23.5 Å². The highest BCUT2D eigenvalue weighted by Crippen LogP contribution is 2.40. The van der Waals surface area contributed by atoms with Crippen LogP contribution in [0, 0.1) is 5.82 Å². The van der Waals surface area contributed by atoms with Crippen LogP contribution < -0.4 is 10.1 Å². The SMILES string of the molecule is O=CCN1CCC(c2csc(Nc3ncc(Sc4ccnc5ccsc45)cc3Oc3ccc(F)cc3)n2)CC1. The monoisotopic (exact) mass is 577 g/mol. The fourth-order valence-corrected chi connectivity index (χ4v) is 7.16. The first-order valence-electron chi connectivity index (χ1n) is 12.5. The molecule has 39 heavy (non-hydrogen) atoms. The molecule has 0 saturated carbocycles. The van der Waals surface area contributed by atoms with E-state index in [9.17, 15) is 9.18 Å². The Hall–Kier alpha value is -3.38. The second-order valence-electron chi connectivity index (χ2n) is 9.06. The number of thiophene rings is 1. The third-order valence-corrected chi connectivity index (χ3v) is 9.35. The lowest BCUT2D eigenvalue weighted by Gasteiger charge is -2.29. The molecule has 0 bridgehead atoms. The molecule has 1 aliphatic rings. The van der Waals surface area contributed by atoms with Crippen molar-refractivity contribution in [3.05, 3.63) is 77.1 Å². The summed E-state index contributed by atoms with van der Waals surface area (Å²) < 4.78 is 20.8. The molecule has 0 atom stereocenters. The maximum atomic E-state index is 13.5. The van der Waals surface area contributed by atoms with Crippen molar-refractivity contribution in [2.45, 2.75) is 28.6 Å².